The average Bonchev–Trinajstić information content (AvgIpc) is 3.41. The quantitative estimate of drug-likeness (QED) is 0.150. The van der Waals surface area contributed by atoms with Crippen molar-refractivity contribution in [2.24, 2.45) is 0 Å². The summed E-state index contributed by atoms with van der Waals surface area (Å²) in [6.45, 7) is 1.08. The molecule has 0 saturated carbocycles. The number of benzene rings is 3. The summed E-state index contributed by atoms with van der Waals surface area (Å²) in [6.07, 6.45) is 1.11. The first kappa shape index (κ1) is 34.7. The van der Waals surface area contributed by atoms with Crippen LogP contribution in [0.1, 0.15) is 68.0 Å². The van der Waals surface area contributed by atoms with Crippen molar-refractivity contribution in [3.05, 3.63) is 105 Å². The van der Waals surface area contributed by atoms with Gasteiger partial charge in [0.25, 0.3) is 23.3 Å². The van der Waals surface area contributed by atoms with Gasteiger partial charge in [0.05, 0.1) is 27.8 Å². The van der Waals surface area contributed by atoms with Gasteiger partial charge in [-0.2, -0.15) is 5.10 Å². The number of aromatic amines is 1. The number of hydrogen-bond acceptors (Lipinski definition) is 9. The molecule has 3 aromatic carbocycles. The molecular formula is C37H33FN6O7S. The van der Waals surface area contributed by atoms with Crippen LogP contribution in [0.3, 0.4) is 0 Å². The number of carbonyl (C=O) groups is 6. The van der Waals surface area contributed by atoms with Crippen molar-refractivity contribution in [3.63, 3.8) is 0 Å². The Morgan fingerprint density at radius 2 is 1.63 bits per heavy atom. The first-order valence-electron chi connectivity index (χ1n) is 16.9. The van der Waals surface area contributed by atoms with Gasteiger partial charge < -0.3 is 9.80 Å². The highest BCUT2D eigenvalue weighted by molar-refractivity contribution is 7.99. The summed E-state index contributed by atoms with van der Waals surface area (Å²) < 4.78 is 14.9. The molecule has 0 spiro atoms. The summed E-state index contributed by atoms with van der Waals surface area (Å²) in [5.41, 5.74) is 1.30. The number of aromatic nitrogens is 2. The Hall–Kier alpha value is -5.70. The number of H-pyrrole nitrogens is 1. The summed E-state index contributed by atoms with van der Waals surface area (Å²) in [5, 5.41) is 10.0. The Morgan fingerprint density at radius 1 is 0.885 bits per heavy atom. The van der Waals surface area contributed by atoms with E-state index in [9.17, 15) is 38.0 Å². The molecule has 3 aliphatic rings. The first-order valence-corrected chi connectivity index (χ1v) is 17.9. The number of rotatable bonds is 9. The van der Waals surface area contributed by atoms with Gasteiger partial charge in [0.15, 0.2) is 0 Å². The van der Waals surface area contributed by atoms with E-state index in [1.54, 1.807) is 53.4 Å². The fraction of sp³-hybridized carbons (Fsp3) is 0.297. The number of nitrogens with zero attached hydrogens (tertiary/aromatic N) is 4. The second kappa shape index (κ2) is 14.5. The number of thioether (sulfide) groups is 1. The van der Waals surface area contributed by atoms with Gasteiger partial charge in [-0.1, -0.05) is 30.3 Å². The molecule has 0 radical (unpaired) electrons. The Labute approximate surface area is 300 Å². The maximum Gasteiger partial charge on any atom is 0.272 e. The molecule has 2 saturated heterocycles. The minimum Gasteiger partial charge on any atom is -0.339 e. The van der Waals surface area contributed by atoms with Crippen LogP contribution in [0.5, 0.6) is 0 Å². The van der Waals surface area contributed by atoms with Crippen molar-refractivity contribution in [3.8, 4) is 0 Å². The summed E-state index contributed by atoms with van der Waals surface area (Å²) in [7, 11) is 0. The molecule has 7 rings (SSSR count). The molecule has 3 aliphatic heterocycles. The zero-order chi connectivity index (χ0) is 36.5. The Bertz CT molecular complexity index is 2220. The van der Waals surface area contributed by atoms with E-state index in [1.807, 2.05) is 0 Å². The molecule has 4 aromatic rings. The molecule has 13 nitrogen and oxygen atoms in total. The number of piperazine rings is 1. The number of hydrogen-bond donors (Lipinski definition) is 2. The molecule has 15 heteroatoms. The third-order valence-corrected chi connectivity index (χ3v) is 10.7. The van der Waals surface area contributed by atoms with Gasteiger partial charge in [-0.3, -0.25) is 43.8 Å². The summed E-state index contributed by atoms with van der Waals surface area (Å²) >= 11 is 1.34. The van der Waals surface area contributed by atoms with Crippen LogP contribution in [0, 0.1) is 5.82 Å². The highest BCUT2D eigenvalue weighted by Gasteiger charge is 2.45. The molecule has 1 unspecified atom stereocenters. The Kier molecular flexibility index (Phi) is 9.69. The molecule has 52 heavy (non-hydrogen) atoms. The van der Waals surface area contributed by atoms with Gasteiger partial charge in [0.2, 0.25) is 17.7 Å². The SMILES string of the molecule is O=C1CCC(N2C(=O)c3cccc(SCCCC(=O)N4CCN(C(=O)c5cc(Cc6n[nH]c(=O)c7ccccc67)ccc5F)CC4)c3C2=O)C(=O)N1. The van der Waals surface area contributed by atoms with Crippen LogP contribution in [-0.4, -0.2) is 98.3 Å². The normalized spacial score (nSPS) is 17.5. The van der Waals surface area contributed by atoms with E-state index in [-0.39, 0.29) is 66.9 Å². The predicted octanol–water partition coefficient (Wildman–Crippen LogP) is 2.91. The second-order valence-corrected chi connectivity index (χ2v) is 13.9. The number of piperidine rings is 1. The van der Waals surface area contributed by atoms with E-state index in [2.05, 4.69) is 15.5 Å². The van der Waals surface area contributed by atoms with Crippen molar-refractivity contribution in [2.75, 3.05) is 31.9 Å². The number of imide groups is 2. The monoisotopic (exact) mass is 724 g/mol. The van der Waals surface area contributed by atoms with Crippen LogP contribution >= 0.6 is 11.8 Å². The molecule has 2 fully saturated rings. The van der Waals surface area contributed by atoms with Crippen LogP contribution < -0.4 is 10.9 Å². The molecule has 0 aliphatic carbocycles. The van der Waals surface area contributed by atoms with E-state index >= 15 is 0 Å². The van der Waals surface area contributed by atoms with Crippen LogP contribution in [-0.2, 0) is 20.8 Å². The van der Waals surface area contributed by atoms with Crippen LogP contribution in [0.2, 0.25) is 0 Å². The fourth-order valence-electron chi connectivity index (χ4n) is 6.84. The van der Waals surface area contributed by atoms with Crippen LogP contribution in [0.25, 0.3) is 10.8 Å². The van der Waals surface area contributed by atoms with E-state index < -0.39 is 41.4 Å². The highest BCUT2D eigenvalue weighted by atomic mass is 32.2. The largest absolute Gasteiger partial charge is 0.339 e. The molecule has 6 amide bonds. The number of carbonyl (C=O) groups excluding carboxylic acids is 6. The lowest BCUT2D eigenvalue weighted by Gasteiger charge is -2.35. The summed E-state index contributed by atoms with van der Waals surface area (Å²) in [6, 6.07) is 15.3. The summed E-state index contributed by atoms with van der Waals surface area (Å²) in [4.78, 5) is 93.7. The molecule has 0 bridgehead atoms. The van der Waals surface area contributed by atoms with Gasteiger partial charge in [0, 0.05) is 55.7 Å². The minimum atomic E-state index is -1.05. The number of amides is 6. The highest BCUT2D eigenvalue weighted by Crippen LogP contribution is 2.35. The zero-order valence-corrected chi connectivity index (χ0v) is 28.7. The zero-order valence-electron chi connectivity index (χ0n) is 27.9. The fourth-order valence-corrected chi connectivity index (χ4v) is 7.87. The lowest BCUT2D eigenvalue weighted by atomic mass is 10.0. The molecule has 2 N–H and O–H groups in total. The van der Waals surface area contributed by atoms with E-state index in [4.69, 9.17) is 0 Å². The predicted molar refractivity (Wildman–Crippen MR) is 187 cm³/mol. The minimum absolute atomic E-state index is 0.0357. The number of fused-ring (bicyclic) bond motifs is 2. The smallest absolute Gasteiger partial charge is 0.272 e. The molecule has 1 atom stereocenters. The topological polar surface area (TPSA) is 170 Å². The average molecular weight is 725 g/mol. The maximum absolute atomic E-state index is 14.9. The van der Waals surface area contributed by atoms with Gasteiger partial charge in [-0.05, 0) is 54.5 Å². The van der Waals surface area contributed by atoms with Gasteiger partial charge in [-0.15, -0.1) is 11.8 Å². The van der Waals surface area contributed by atoms with Crippen molar-refractivity contribution in [2.45, 2.75) is 43.0 Å². The third-order valence-electron chi connectivity index (χ3n) is 9.55. The maximum atomic E-state index is 14.9. The second-order valence-electron chi connectivity index (χ2n) is 12.8. The van der Waals surface area contributed by atoms with E-state index in [0.29, 0.717) is 52.2 Å². The van der Waals surface area contributed by atoms with Crippen LogP contribution in [0.4, 0.5) is 4.39 Å². The number of halogens is 1. The molecule has 4 heterocycles. The lowest BCUT2D eigenvalue weighted by Crippen LogP contribution is -2.54. The molecule has 1 aromatic heterocycles. The Morgan fingerprint density at radius 3 is 2.40 bits per heavy atom. The molecule has 266 valence electrons. The van der Waals surface area contributed by atoms with E-state index in [0.717, 1.165) is 4.90 Å². The lowest BCUT2D eigenvalue weighted by molar-refractivity contribution is -0.136. The van der Waals surface area contributed by atoms with Gasteiger partial charge in [0.1, 0.15) is 11.9 Å². The number of nitrogens with one attached hydrogen (secondary N) is 2. The third kappa shape index (κ3) is 6.70. The van der Waals surface area contributed by atoms with Crippen molar-refractivity contribution in [1.82, 2.24) is 30.2 Å². The summed E-state index contributed by atoms with van der Waals surface area (Å²) in [5.74, 6) is -2.98. The van der Waals surface area contributed by atoms with Crippen molar-refractivity contribution < 1.29 is 33.2 Å². The van der Waals surface area contributed by atoms with Crippen LogP contribution in [0.15, 0.2) is 70.4 Å². The molecular weight excluding hydrogens is 692 g/mol. The van der Waals surface area contributed by atoms with Crippen molar-refractivity contribution in [1.29, 1.82) is 0 Å². The van der Waals surface area contributed by atoms with E-state index in [1.165, 1.54) is 28.8 Å². The van der Waals surface area contributed by atoms with Gasteiger partial charge >= 0.3 is 0 Å². The van der Waals surface area contributed by atoms with Crippen molar-refractivity contribution >= 4 is 58.0 Å². The van der Waals surface area contributed by atoms with Gasteiger partial charge in [-0.25, -0.2) is 9.49 Å². The standard InChI is InChI=1S/C37H33FN6O7S/c38-26-11-10-21(20-27-22-5-1-2-6-23(22)33(47)41-40-27)19-25(26)35(49)43-16-14-42(15-17-43)31(46)9-4-18-52-29-8-3-7-24-32(29)37(51)44(36(24)50)28-12-13-30(45)39-34(28)48/h1-3,5-8,10-11,19,28H,4,9,12-18,20H2,(H,41,47)(H,39,45,48). The Balaban J connectivity index is 0.911. The first-order chi connectivity index (χ1) is 25.1.